The molecule has 0 unspecified atom stereocenters. The van der Waals surface area contributed by atoms with Crippen molar-refractivity contribution in [3.8, 4) is 23.0 Å². The third-order valence-corrected chi connectivity index (χ3v) is 5.05. The van der Waals surface area contributed by atoms with Gasteiger partial charge in [-0.25, -0.2) is 0 Å². The van der Waals surface area contributed by atoms with Gasteiger partial charge >= 0.3 is 5.97 Å². The van der Waals surface area contributed by atoms with E-state index in [0.29, 0.717) is 34.9 Å². The van der Waals surface area contributed by atoms with Crippen LogP contribution in [0.1, 0.15) is 18.4 Å². The van der Waals surface area contributed by atoms with Gasteiger partial charge in [0.1, 0.15) is 29.1 Å². The van der Waals surface area contributed by atoms with Gasteiger partial charge in [-0.2, -0.15) is 0 Å². The second kappa shape index (κ2) is 10.2. The molecule has 1 heterocycles. The third-order valence-electron chi connectivity index (χ3n) is 4.80. The van der Waals surface area contributed by atoms with Crippen molar-refractivity contribution in [3.63, 3.8) is 0 Å². The van der Waals surface area contributed by atoms with Gasteiger partial charge in [-0.05, 0) is 61.9 Å². The summed E-state index contributed by atoms with van der Waals surface area (Å²) in [4.78, 5) is 24.9. The van der Waals surface area contributed by atoms with Crippen molar-refractivity contribution in [2.45, 2.75) is 19.8 Å². The monoisotopic (exact) mass is 464 g/mol. The lowest BCUT2D eigenvalue weighted by molar-refractivity contribution is -0.134. The van der Waals surface area contributed by atoms with Crippen molar-refractivity contribution in [3.05, 3.63) is 93.8 Å². The first-order valence-corrected chi connectivity index (χ1v) is 10.7. The van der Waals surface area contributed by atoms with E-state index in [1.165, 1.54) is 12.3 Å². The molecule has 168 valence electrons. The number of benzene rings is 3. The van der Waals surface area contributed by atoms with E-state index >= 15 is 0 Å². The van der Waals surface area contributed by atoms with Crippen LogP contribution in [0.2, 0.25) is 5.02 Å². The molecule has 0 amide bonds. The third kappa shape index (κ3) is 5.93. The number of hydrogen-bond acceptors (Lipinski definition) is 6. The molecule has 4 rings (SSSR count). The molecular weight excluding hydrogens is 444 g/mol. The van der Waals surface area contributed by atoms with Crippen LogP contribution < -0.4 is 19.6 Å². The molecule has 6 nitrogen and oxygen atoms in total. The maximum absolute atomic E-state index is 12.7. The van der Waals surface area contributed by atoms with Gasteiger partial charge in [0.15, 0.2) is 0 Å². The number of carbonyl (C=O) groups is 1. The molecule has 0 bridgehead atoms. The van der Waals surface area contributed by atoms with Gasteiger partial charge in [-0.3, -0.25) is 9.59 Å². The van der Waals surface area contributed by atoms with Gasteiger partial charge in [0.05, 0.1) is 12.0 Å². The summed E-state index contributed by atoms with van der Waals surface area (Å²) in [5.41, 5.74) is 1.11. The molecule has 0 saturated heterocycles. The van der Waals surface area contributed by atoms with Crippen LogP contribution in [-0.4, -0.2) is 12.6 Å². The smallest absolute Gasteiger partial charge is 0.311 e. The summed E-state index contributed by atoms with van der Waals surface area (Å²) in [6.07, 6.45) is 1.94. The minimum atomic E-state index is -0.396. The molecule has 4 aromatic rings. The van der Waals surface area contributed by atoms with Crippen molar-refractivity contribution in [2.24, 2.45) is 0 Å². The first-order valence-electron chi connectivity index (χ1n) is 10.4. The van der Waals surface area contributed by atoms with Crippen LogP contribution in [0.25, 0.3) is 11.0 Å². The quantitative estimate of drug-likeness (QED) is 0.173. The summed E-state index contributed by atoms with van der Waals surface area (Å²) in [5.74, 6) is 1.16. The van der Waals surface area contributed by atoms with Gasteiger partial charge in [-0.1, -0.05) is 29.3 Å². The second-order valence-corrected chi connectivity index (χ2v) is 7.82. The molecule has 0 aliphatic heterocycles. The number of esters is 1. The zero-order valence-corrected chi connectivity index (χ0v) is 18.6. The van der Waals surface area contributed by atoms with Gasteiger partial charge in [-0.15, -0.1) is 0 Å². The van der Waals surface area contributed by atoms with Crippen LogP contribution in [0, 0.1) is 6.92 Å². The molecule has 0 fully saturated rings. The molecule has 0 aliphatic rings. The molecule has 0 saturated carbocycles. The molecule has 0 aliphatic carbocycles. The van der Waals surface area contributed by atoms with E-state index in [-0.39, 0.29) is 23.2 Å². The molecule has 7 heteroatoms. The molecule has 3 aromatic carbocycles. The fourth-order valence-electron chi connectivity index (χ4n) is 3.08. The van der Waals surface area contributed by atoms with E-state index in [1.807, 2.05) is 31.2 Å². The molecule has 0 radical (unpaired) electrons. The maximum Gasteiger partial charge on any atom is 0.311 e. The Kier molecular flexibility index (Phi) is 6.95. The van der Waals surface area contributed by atoms with E-state index in [4.69, 9.17) is 30.2 Å². The highest BCUT2D eigenvalue weighted by Crippen LogP contribution is 2.25. The second-order valence-electron chi connectivity index (χ2n) is 7.38. The van der Waals surface area contributed by atoms with Crippen molar-refractivity contribution < 1.29 is 23.4 Å². The van der Waals surface area contributed by atoms with Gasteiger partial charge < -0.3 is 18.6 Å². The number of aryl methyl sites for hydroxylation is 1. The average molecular weight is 465 g/mol. The Morgan fingerprint density at radius 2 is 1.64 bits per heavy atom. The first-order chi connectivity index (χ1) is 16.0. The van der Waals surface area contributed by atoms with Crippen LogP contribution in [0.15, 0.2) is 82.2 Å². The van der Waals surface area contributed by atoms with Crippen LogP contribution >= 0.6 is 11.6 Å². The van der Waals surface area contributed by atoms with Gasteiger partial charge in [0.25, 0.3) is 0 Å². The number of halogens is 1. The lowest BCUT2D eigenvalue weighted by atomic mass is 10.2. The van der Waals surface area contributed by atoms with Crippen molar-refractivity contribution >= 4 is 28.5 Å². The SMILES string of the molecule is Cc1ccc(OCCCC(=O)Oc2ccc3c(=O)c(Oc4ccc(Cl)cc4)coc3c2)cc1. The molecule has 0 N–H and O–H groups in total. The molecule has 0 atom stereocenters. The lowest BCUT2D eigenvalue weighted by Crippen LogP contribution is -2.10. The summed E-state index contributed by atoms with van der Waals surface area (Å²) in [7, 11) is 0. The normalized spacial score (nSPS) is 10.7. The Labute approximate surface area is 195 Å². The number of carbonyl (C=O) groups excluding carboxylic acids is 1. The predicted octanol–water partition coefficient (Wildman–Crippen LogP) is 6.31. The summed E-state index contributed by atoms with van der Waals surface area (Å²) in [5, 5.41) is 0.876. The molecule has 33 heavy (non-hydrogen) atoms. The lowest BCUT2D eigenvalue weighted by Gasteiger charge is -2.08. The van der Waals surface area contributed by atoms with E-state index in [9.17, 15) is 9.59 Å². The predicted molar refractivity (Wildman–Crippen MR) is 126 cm³/mol. The Balaban J connectivity index is 1.34. The fourth-order valence-corrected chi connectivity index (χ4v) is 3.20. The Bertz CT molecular complexity index is 1310. The zero-order chi connectivity index (χ0) is 23.2. The van der Waals surface area contributed by atoms with Crippen LogP contribution in [0.5, 0.6) is 23.0 Å². The molecular formula is C26H21ClO6. The highest BCUT2D eigenvalue weighted by Gasteiger charge is 2.12. The minimum absolute atomic E-state index is 0.0446. The van der Waals surface area contributed by atoms with E-state index in [1.54, 1.807) is 36.4 Å². The van der Waals surface area contributed by atoms with Gasteiger partial charge in [0.2, 0.25) is 11.2 Å². The Morgan fingerprint density at radius 1 is 0.939 bits per heavy atom. The highest BCUT2D eigenvalue weighted by molar-refractivity contribution is 6.30. The highest BCUT2D eigenvalue weighted by atomic mass is 35.5. The minimum Gasteiger partial charge on any atom is -0.494 e. The zero-order valence-electron chi connectivity index (χ0n) is 17.9. The van der Waals surface area contributed by atoms with Crippen LogP contribution in [0.4, 0.5) is 0 Å². The Hall–Kier alpha value is -3.77. The number of ether oxygens (including phenoxy) is 3. The number of hydrogen-bond donors (Lipinski definition) is 0. The average Bonchev–Trinajstić information content (AvgIpc) is 2.81. The topological polar surface area (TPSA) is 75.0 Å². The summed E-state index contributed by atoms with van der Waals surface area (Å²) >= 11 is 5.86. The first kappa shape index (κ1) is 22.4. The van der Waals surface area contributed by atoms with Gasteiger partial charge in [0, 0.05) is 17.5 Å². The van der Waals surface area contributed by atoms with E-state index < -0.39 is 5.97 Å². The summed E-state index contributed by atoms with van der Waals surface area (Å²) in [6, 6.07) is 18.9. The standard InChI is InChI=1S/C26H21ClO6/c1-17-4-8-19(9-5-17)30-14-2-3-25(28)33-21-12-13-22-23(15-21)31-16-24(26(22)29)32-20-10-6-18(27)7-11-20/h4-13,15-16H,2-3,14H2,1H3. The number of fused-ring (bicyclic) bond motifs is 1. The largest absolute Gasteiger partial charge is 0.494 e. The van der Waals surface area contributed by atoms with Crippen LogP contribution in [0.3, 0.4) is 0 Å². The van der Waals surface area contributed by atoms with Crippen molar-refractivity contribution in [2.75, 3.05) is 6.61 Å². The maximum atomic E-state index is 12.7. The van der Waals surface area contributed by atoms with E-state index in [2.05, 4.69) is 0 Å². The molecule has 0 spiro atoms. The summed E-state index contributed by atoms with van der Waals surface area (Å²) < 4.78 is 22.1. The van der Waals surface area contributed by atoms with Crippen molar-refractivity contribution in [1.29, 1.82) is 0 Å². The van der Waals surface area contributed by atoms with Crippen LogP contribution in [-0.2, 0) is 4.79 Å². The van der Waals surface area contributed by atoms with Crippen molar-refractivity contribution in [1.82, 2.24) is 0 Å². The summed E-state index contributed by atoms with van der Waals surface area (Å²) in [6.45, 7) is 2.41. The number of rotatable bonds is 8. The fraction of sp³-hybridized carbons (Fsp3) is 0.154. The van der Waals surface area contributed by atoms with E-state index in [0.717, 1.165) is 11.3 Å². The Morgan fingerprint density at radius 3 is 2.39 bits per heavy atom. The molecule has 1 aromatic heterocycles.